The van der Waals surface area contributed by atoms with E-state index in [1.54, 1.807) is 6.07 Å². The molecule has 0 amide bonds. The molecule has 3 aromatic heterocycles. The van der Waals surface area contributed by atoms with E-state index in [2.05, 4.69) is 10.1 Å². The molecule has 0 bridgehead atoms. The van der Waals surface area contributed by atoms with Gasteiger partial charge in [0, 0.05) is 43.8 Å². The molecule has 1 atom stereocenters. The van der Waals surface area contributed by atoms with Crippen molar-refractivity contribution in [2.24, 2.45) is 0 Å². The Kier molecular flexibility index (Phi) is 6.93. The van der Waals surface area contributed by atoms with Gasteiger partial charge in [-0.3, -0.25) is 4.98 Å². The van der Waals surface area contributed by atoms with Crippen LogP contribution in [0.2, 0.25) is 0 Å². The zero-order chi connectivity index (χ0) is 27.0. The van der Waals surface area contributed by atoms with E-state index < -0.39 is 30.1 Å². The van der Waals surface area contributed by atoms with Crippen molar-refractivity contribution in [3.05, 3.63) is 60.2 Å². The van der Waals surface area contributed by atoms with E-state index in [0.29, 0.717) is 54.0 Å². The van der Waals surface area contributed by atoms with Crippen LogP contribution in [0.4, 0.5) is 19.0 Å². The van der Waals surface area contributed by atoms with Crippen molar-refractivity contribution >= 4 is 16.9 Å². The molecule has 38 heavy (non-hydrogen) atoms. The summed E-state index contributed by atoms with van der Waals surface area (Å²) < 4.78 is 47.4. The van der Waals surface area contributed by atoms with E-state index in [1.165, 1.54) is 38.5 Å². The van der Waals surface area contributed by atoms with Gasteiger partial charge in [0.1, 0.15) is 29.2 Å². The number of nitrogens with zero attached hydrogens (tertiary/aromatic N) is 6. The van der Waals surface area contributed by atoms with Gasteiger partial charge in [0.05, 0.1) is 29.2 Å². The molecule has 0 saturated carbocycles. The highest BCUT2D eigenvalue weighted by Gasteiger charge is 2.29. The molecule has 1 saturated heterocycles. The van der Waals surface area contributed by atoms with E-state index in [9.17, 15) is 23.4 Å². The van der Waals surface area contributed by atoms with Gasteiger partial charge in [-0.1, -0.05) is 0 Å². The summed E-state index contributed by atoms with van der Waals surface area (Å²) in [5, 5.41) is 24.7. The fourth-order valence-electron chi connectivity index (χ4n) is 4.38. The van der Waals surface area contributed by atoms with Gasteiger partial charge in [-0.05, 0) is 32.0 Å². The summed E-state index contributed by atoms with van der Waals surface area (Å²) in [7, 11) is 0. The maximum Gasteiger partial charge on any atom is 0.181 e. The van der Waals surface area contributed by atoms with Crippen LogP contribution in [0.25, 0.3) is 22.3 Å². The Morgan fingerprint density at radius 3 is 2.53 bits per heavy atom. The van der Waals surface area contributed by atoms with E-state index in [-0.39, 0.29) is 17.5 Å². The molecule has 4 heterocycles. The summed E-state index contributed by atoms with van der Waals surface area (Å²) >= 11 is 0. The SMILES string of the molecule is CC(C)(O)[C@@H](O)c1cc2nc(-c3cnn(CF)c3)c(N3CCC(Oc4ccc(F)cc4F)CC3)nc2cn1. The minimum absolute atomic E-state index is 0.00444. The van der Waals surface area contributed by atoms with Gasteiger partial charge in [-0.2, -0.15) is 5.10 Å². The Morgan fingerprint density at radius 2 is 1.87 bits per heavy atom. The van der Waals surface area contributed by atoms with Crippen LogP contribution in [0.1, 0.15) is 38.5 Å². The lowest BCUT2D eigenvalue weighted by Crippen LogP contribution is -2.39. The molecule has 0 radical (unpaired) electrons. The number of benzene rings is 1. The fourth-order valence-corrected chi connectivity index (χ4v) is 4.38. The van der Waals surface area contributed by atoms with Crippen LogP contribution in [-0.4, -0.2) is 59.7 Å². The van der Waals surface area contributed by atoms with E-state index in [0.717, 1.165) is 16.8 Å². The van der Waals surface area contributed by atoms with E-state index >= 15 is 0 Å². The molecule has 4 aromatic rings. The van der Waals surface area contributed by atoms with Crippen molar-refractivity contribution in [3.63, 3.8) is 0 Å². The zero-order valence-electron chi connectivity index (χ0n) is 20.9. The maximum atomic E-state index is 14.0. The van der Waals surface area contributed by atoms with Crippen molar-refractivity contribution in [1.82, 2.24) is 24.7 Å². The Hall–Kier alpha value is -3.77. The van der Waals surface area contributed by atoms with Crippen LogP contribution in [-0.2, 0) is 6.80 Å². The first-order chi connectivity index (χ1) is 18.1. The standard InChI is InChI=1S/C26H27F3N6O3/c1-26(2,37)24(36)20-10-19-21(12-30-20)33-25(23(32-19)15-11-31-35(13-15)14-27)34-7-5-17(6-8-34)38-22-4-3-16(28)9-18(22)29/h3-4,9-13,17,24,36-37H,5-8,14H2,1-2H3/t24-/m0/s1. The van der Waals surface area contributed by atoms with Gasteiger partial charge in [-0.25, -0.2) is 27.8 Å². The molecule has 200 valence electrons. The Balaban J connectivity index is 1.45. The molecule has 1 fully saturated rings. The number of pyridine rings is 1. The third-order valence-electron chi connectivity index (χ3n) is 6.46. The van der Waals surface area contributed by atoms with E-state index in [1.807, 2.05) is 4.90 Å². The first-order valence-corrected chi connectivity index (χ1v) is 12.2. The number of alkyl halides is 1. The summed E-state index contributed by atoms with van der Waals surface area (Å²) in [4.78, 5) is 15.8. The van der Waals surface area contributed by atoms with Gasteiger partial charge < -0.3 is 19.8 Å². The number of ether oxygens (including phenoxy) is 1. The van der Waals surface area contributed by atoms with Gasteiger partial charge in [0.25, 0.3) is 0 Å². The second-order valence-corrected chi connectivity index (χ2v) is 9.82. The molecule has 1 aliphatic heterocycles. The summed E-state index contributed by atoms with van der Waals surface area (Å²) in [5.41, 5.74) is 0.761. The predicted octanol–water partition coefficient (Wildman–Crippen LogP) is 3.95. The first-order valence-electron chi connectivity index (χ1n) is 12.2. The highest BCUT2D eigenvalue weighted by atomic mass is 19.1. The molecule has 1 aliphatic rings. The third-order valence-corrected chi connectivity index (χ3v) is 6.46. The molecule has 1 aromatic carbocycles. The summed E-state index contributed by atoms with van der Waals surface area (Å²) in [5.74, 6) is -0.870. The monoisotopic (exact) mass is 528 g/mol. The normalized spacial score (nSPS) is 15.7. The number of halogens is 3. The minimum Gasteiger partial charge on any atom is -0.487 e. The van der Waals surface area contributed by atoms with E-state index in [4.69, 9.17) is 14.7 Å². The highest BCUT2D eigenvalue weighted by molar-refractivity contribution is 5.83. The molecule has 2 N–H and O–H groups in total. The lowest BCUT2D eigenvalue weighted by Gasteiger charge is -2.33. The maximum absolute atomic E-state index is 14.0. The number of hydrogen-bond donors (Lipinski definition) is 2. The summed E-state index contributed by atoms with van der Waals surface area (Å²) in [6.07, 6.45) is 4.10. The molecule has 0 spiro atoms. The second-order valence-electron chi connectivity index (χ2n) is 9.82. The number of rotatable bonds is 7. The lowest BCUT2D eigenvalue weighted by atomic mass is 9.98. The van der Waals surface area contributed by atoms with Crippen LogP contribution in [0.5, 0.6) is 5.75 Å². The Labute approximate surface area is 216 Å². The molecule has 9 nitrogen and oxygen atoms in total. The van der Waals surface area contributed by atoms with Crippen molar-refractivity contribution in [2.45, 2.75) is 51.3 Å². The average molecular weight is 529 g/mol. The third kappa shape index (κ3) is 5.27. The molecular weight excluding hydrogens is 501 g/mol. The lowest BCUT2D eigenvalue weighted by molar-refractivity contribution is -0.0516. The Bertz CT molecular complexity index is 1450. The van der Waals surface area contributed by atoms with Crippen LogP contribution in [0.15, 0.2) is 42.9 Å². The van der Waals surface area contributed by atoms with Gasteiger partial charge in [0.15, 0.2) is 24.2 Å². The number of aromatic nitrogens is 5. The van der Waals surface area contributed by atoms with Crippen molar-refractivity contribution in [3.8, 4) is 17.0 Å². The molecule has 0 unspecified atom stereocenters. The van der Waals surface area contributed by atoms with Crippen molar-refractivity contribution in [1.29, 1.82) is 0 Å². The number of aliphatic hydroxyl groups is 2. The van der Waals surface area contributed by atoms with Crippen LogP contribution >= 0.6 is 0 Å². The van der Waals surface area contributed by atoms with Gasteiger partial charge in [0.2, 0.25) is 0 Å². The zero-order valence-corrected chi connectivity index (χ0v) is 20.9. The van der Waals surface area contributed by atoms with Crippen LogP contribution in [0, 0.1) is 11.6 Å². The summed E-state index contributed by atoms with van der Waals surface area (Å²) in [6.45, 7) is 3.19. The molecule has 12 heteroatoms. The number of aliphatic hydroxyl groups excluding tert-OH is 1. The largest absolute Gasteiger partial charge is 0.487 e. The quantitative estimate of drug-likeness (QED) is 0.371. The first kappa shape index (κ1) is 25.9. The van der Waals surface area contributed by atoms with Crippen molar-refractivity contribution < 1.29 is 28.1 Å². The fraction of sp³-hybridized carbons (Fsp3) is 0.385. The smallest absolute Gasteiger partial charge is 0.181 e. The number of fused-ring (bicyclic) bond motifs is 1. The van der Waals surface area contributed by atoms with Crippen molar-refractivity contribution in [2.75, 3.05) is 18.0 Å². The number of hydrogen-bond acceptors (Lipinski definition) is 8. The molecular formula is C26H27F3N6O3. The minimum atomic E-state index is -1.41. The second kappa shape index (κ2) is 10.2. The molecule has 0 aliphatic carbocycles. The topological polar surface area (TPSA) is 109 Å². The molecule has 5 rings (SSSR count). The van der Waals surface area contributed by atoms with Gasteiger partial charge >= 0.3 is 0 Å². The van der Waals surface area contributed by atoms with Gasteiger partial charge in [-0.15, -0.1) is 0 Å². The number of anilines is 1. The highest BCUT2D eigenvalue weighted by Crippen LogP contribution is 2.33. The average Bonchev–Trinajstić information content (AvgIpc) is 3.38. The Morgan fingerprint density at radius 1 is 1.11 bits per heavy atom. The van der Waals surface area contributed by atoms with Crippen LogP contribution < -0.4 is 9.64 Å². The van der Waals surface area contributed by atoms with Crippen LogP contribution in [0.3, 0.4) is 0 Å². The number of piperidine rings is 1. The predicted molar refractivity (Wildman–Crippen MR) is 133 cm³/mol. The summed E-state index contributed by atoms with van der Waals surface area (Å²) in [6, 6.07) is 4.79.